The van der Waals surface area contributed by atoms with Crippen LogP contribution in [0.2, 0.25) is 0 Å². The van der Waals surface area contributed by atoms with Gasteiger partial charge in [-0.15, -0.1) is 0 Å². The Bertz CT molecular complexity index is 347. The highest BCUT2D eigenvalue weighted by atomic mass is 16.3. The summed E-state index contributed by atoms with van der Waals surface area (Å²) in [5.41, 5.74) is -0.646. The van der Waals surface area contributed by atoms with Crippen molar-refractivity contribution < 1.29 is 14.7 Å². The van der Waals surface area contributed by atoms with Gasteiger partial charge in [-0.2, -0.15) is 0 Å². The first kappa shape index (κ1) is 14.3. The van der Waals surface area contributed by atoms with Gasteiger partial charge in [-0.1, -0.05) is 19.8 Å². The number of nitrogens with zero attached hydrogens (tertiary/aromatic N) is 1. The first-order valence-corrected chi connectivity index (χ1v) is 7.06. The van der Waals surface area contributed by atoms with E-state index in [1.165, 1.54) is 0 Å². The third-order valence-electron chi connectivity index (χ3n) is 4.00. The van der Waals surface area contributed by atoms with Crippen LogP contribution in [0.1, 0.15) is 39.0 Å². The van der Waals surface area contributed by atoms with Crippen LogP contribution in [0.4, 0.5) is 4.79 Å². The molecule has 0 aromatic rings. The monoisotopic (exact) mass is 269 g/mol. The van der Waals surface area contributed by atoms with Gasteiger partial charge in [-0.3, -0.25) is 15.0 Å². The van der Waals surface area contributed by atoms with Crippen molar-refractivity contribution >= 4 is 11.9 Å². The Morgan fingerprint density at radius 3 is 2.53 bits per heavy atom. The maximum Gasteiger partial charge on any atom is 0.321 e. The van der Waals surface area contributed by atoms with E-state index in [0.717, 1.165) is 25.7 Å². The zero-order valence-corrected chi connectivity index (χ0v) is 11.4. The molecule has 0 unspecified atom stereocenters. The predicted molar refractivity (Wildman–Crippen MR) is 70.6 cm³/mol. The molecule has 0 atom stereocenters. The molecule has 0 bridgehead atoms. The number of rotatable bonds is 4. The molecule has 6 nitrogen and oxygen atoms in total. The maximum atomic E-state index is 11.6. The van der Waals surface area contributed by atoms with E-state index in [2.05, 4.69) is 10.6 Å². The molecule has 6 heteroatoms. The van der Waals surface area contributed by atoms with Gasteiger partial charge in [0.1, 0.15) is 0 Å². The Morgan fingerprint density at radius 2 is 1.95 bits per heavy atom. The molecule has 1 aliphatic carbocycles. The van der Waals surface area contributed by atoms with Crippen LogP contribution in [0, 0.1) is 0 Å². The Hall–Kier alpha value is -1.14. The van der Waals surface area contributed by atoms with Crippen LogP contribution < -0.4 is 10.6 Å². The van der Waals surface area contributed by atoms with Crippen LogP contribution in [0.5, 0.6) is 0 Å². The second-order valence-electron chi connectivity index (χ2n) is 5.73. The third-order valence-corrected chi connectivity index (χ3v) is 4.00. The van der Waals surface area contributed by atoms with E-state index in [9.17, 15) is 14.7 Å². The van der Waals surface area contributed by atoms with Crippen molar-refractivity contribution in [2.24, 2.45) is 0 Å². The molecule has 108 valence electrons. The molecular formula is C13H23N3O3. The first-order valence-electron chi connectivity index (χ1n) is 7.06. The van der Waals surface area contributed by atoms with Crippen molar-refractivity contribution in [1.29, 1.82) is 0 Å². The lowest BCUT2D eigenvalue weighted by Gasteiger charge is -2.45. The lowest BCUT2D eigenvalue weighted by Crippen LogP contribution is -2.63. The normalized spacial score (nSPS) is 22.8. The lowest BCUT2D eigenvalue weighted by atomic mass is 9.91. The summed E-state index contributed by atoms with van der Waals surface area (Å²) in [6.07, 6.45) is 4.96. The molecule has 0 aromatic carbocycles. The molecule has 0 aromatic heterocycles. The number of urea groups is 1. The number of hydrogen-bond donors (Lipinski definition) is 3. The minimum atomic E-state index is -0.646. The zero-order chi connectivity index (χ0) is 13.9. The number of nitrogens with one attached hydrogen (secondary N) is 2. The Labute approximate surface area is 113 Å². The van der Waals surface area contributed by atoms with Gasteiger partial charge in [0.15, 0.2) is 0 Å². The van der Waals surface area contributed by atoms with Crippen LogP contribution in [0.15, 0.2) is 0 Å². The molecule has 3 amide bonds. The average molecular weight is 269 g/mol. The Balaban J connectivity index is 1.63. The van der Waals surface area contributed by atoms with E-state index < -0.39 is 11.6 Å². The molecule has 1 heterocycles. The van der Waals surface area contributed by atoms with E-state index in [4.69, 9.17) is 0 Å². The van der Waals surface area contributed by atoms with E-state index in [1.807, 2.05) is 11.8 Å². The summed E-state index contributed by atoms with van der Waals surface area (Å²) in [5, 5.41) is 15.0. The van der Waals surface area contributed by atoms with Crippen LogP contribution in [0.25, 0.3) is 0 Å². The fraction of sp³-hybridized carbons (Fsp3) is 0.846. The van der Waals surface area contributed by atoms with E-state index in [-0.39, 0.29) is 18.5 Å². The minimum Gasteiger partial charge on any atom is -0.387 e. The number of carbonyl (C=O) groups is 2. The Morgan fingerprint density at radius 1 is 1.32 bits per heavy atom. The fourth-order valence-electron chi connectivity index (χ4n) is 2.78. The standard InChI is InChI=1S/C13H23N3O3/c1-2-13(19)8-16(9-13)7-11(17)15-12(18)14-10-5-3-4-6-10/h10,19H,2-9H2,1H3,(H2,14,15,17,18). The summed E-state index contributed by atoms with van der Waals surface area (Å²) < 4.78 is 0. The SMILES string of the molecule is CCC1(O)CN(CC(=O)NC(=O)NC2CCCC2)C1. The summed E-state index contributed by atoms with van der Waals surface area (Å²) in [4.78, 5) is 25.0. The topological polar surface area (TPSA) is 81.7 Å². The van der Waals surface area contributed by atoms with Crippen LogP contribution in [-0.2, 0) is 4.79 Å². The van der Waals surface area contributed by atoms with Crippen molar-refractivity contribution in [2.45, 2.75) is 50.7 Å². The molecule has 0 radical (unpaired) electrons. The first-order chi connectivity index (χ1) is 9.00. The van der Waals surface area contributed by atoms with E-state index >= 15 is 0 Å². The molecule has 19 heavy (non-hydrogen) atoms. The molecule has 2 rings (SSSR count). The van der Waals surface area contributed by atoms with Crippen LogP contribution in [0.3, 0.4) is 0 Å². The van der Waals surface area contributed by atoms with Gasteiger partial charge in [0.2, 0.25) is 5.91 Å². The molecular weight excluding hydrogens is 246 g/mol. The van der Waals surface area contributed by atoms with Gasteiger partial charge in [0, 0.05) is 19.1 Å². The number of carbonyl (C=O) groups excluding carboxylic acids is 2. The number of imide groups is 1. The summed E-state index contributed by atoms with van der Waals surface area (Å²) in [5.74, 6) is -0.311. The second-order valence-corrected chi connectivity index (χ2v) is 5.73. The highest BCUT2D eigenvalue weighted by Gasteiger charge is 2.40. The van der Waals surface area contributed by atoms with Crippen LogP contribution >= 0.6 is 0 Å². The smallest absolute Gasteiger partial charge is 0.321 e. The maximum absolute atomic E-state index is 11.6. The number of amides is 3. The summed E-state index contributed by atoms with van der Waals surface area (Å²) >= 11 is 0. The summed E-state index contributed by atoms with van der Waals surface area (Å²) in [7, 11) is 0. The van der Waals surface area contributed by atoms with Crippen molar-refractivity contribution in [3.8, 4) is 0 Å². The molecule has 3 N–H and O–H groups in total. The number of likely N-dealkylation sites (tertiary alicyclic amines) is 1. The lowest BCUT2D eigenvalue weighted by molar-refractivity contribution is -0.132. The molecule has 1 saturated heterocycles. The zero-order valence-electron chi connectivity index (χ0n) is 11.4. The quantitative estimate of drug-likeness (QED) is 0.681. The van der Waals surface area contributed by atoms with Gasteiger partial charge in [-0.05, 0) is 19.3 Å². The predicted octanol–water partition coefficient (Wildman–Crippen LogP) is 0.212. The van der Waals surface area contributed by atoms with Crippen molar-refractivity contribution in [2.75, 3.05) is 19.6 Å². The average Bonchev–Trinajstić information content (AvgIpc) is 2.79. The number of aliphatic hydroxyl groups is 1. The van der Waals surface area contributed by atoms with Crippen molar-refractivity contribution in [3.05, 3.63) is 0 Å². The van der Waals surface area contributed by atoms with Crippen molar-refractivity contribution in [3.63, 3.8) is 0 Å². The second kappa shape index (κ2) is 5.88. The molecule has 2 aliphatic rings. The highest BCUT2D eigenvalue weighted by Crippen LogP contribution is 2.23. The van der Waals surface area contributed by atoms with Gasteiger partial charge >= 0.3 is 6.03 Å². The van der Waals surface area contributed by atoms with Gasteiger partial charge in [0.05, 0.1) is 12.1 Å². The molecule has 0 spiro atoms. The van der Waals surface area contributed by atoms with Crippen LogP contribution in [-0.4, -0.2) is 53.2 Å². The number of β-amino-alcohol motifs (C(OH)–C–C–N with tert-alkyl or cyclic N) is 1. The summed E-state index contributed by atoms with van der Waals surface area (Å²) in [6, 6.07) is -0.190. The summed E-state index contributed by atoms with van der Waals surface area (Å²) in [6.45, 7) is 3.09. The van der Waals surface area contributed by atoms with Gasteiger partial charge in [0.25, 0.3) is 0 Å². The Kier molecular flexibility index (Phi) is 4.42. The number of hydrogen-bond acceptors (Lipinski definition) is 4. The van der Waals surface area contributed by atoms with Crippen molar-refractivity contribution in [1.82, 2.24) is 15.5 Å². The fourth-order valence-corrected chi connectivity index (χ4v) is 2.78. The molecule has 1 saturated carbocycles. The van der Waals surface area contributed by atoms with Gasteiger partial charge in [-0.25, -0.2) is 4.79 Å². The van der Waals surface area contributed by atoms with E-state index in [0.29, 0.717) is 19.5 Å². The highest BCUT2D eigenvalue weighted by molar-refractivity contribution is 5.95. The molecule has 1 aliphatic heterocycles. The minimum absolute atomic E-state index is 0.167. The van der Waals surface area contributed by atoms with Gasteiger partial charge < -0.3 is 10.4 Å². The van der Waals surface area contributed by atoms with E-state index in [1.54, 1.807) is 0 Å². The third kappa shape index (κ3) is 3.91. The largest absolute Gasteiger partial charge is 0.387 e. The molecule has 2 fully saturated rings.